The van der Waals surface area contributed by atoms with Crippen LogP contribution in [0.3, 0.4) is 0 Å². The first-order valence-corrected chi connectivity index (χ1v) is 6.47. The van der Waals surface area contributed by atoms with Crippen LogP contribution < -0.4 is 4.90 Å². The second kappa shape index (κ2) is 6.31. The Morgan fingerprint density at radius 3 is 2.00 bits per heavy atom. The van der Waals surface area contributed by atoms with Crippen molar-refractivity contribution in [2.75, 3.05) is 39.1 Å². The maximum Gasteiger partial charge on any atom is 0.149 e. The molecule has 0 bridgehead atoms. The van der Waals surface area contributed by atoms with Crippen molar-refractivity contribution < 1.29 is 8.78 Å². The monoisotopic (exact) mass is 306 g/mol. The van der Waals surface area contributed by atoms with Crippen LogP contribution in [0.2, 0.25) is 0 Å². The number of rotatable bonds is 5. The molecule has 5 heteroatoms. The van der Waals surface area contributed by atoms with Gasteiger partial charge in [0.25, 0.3) is 0 Å². The standard InChI is InChI=1S/C12H17BrF2N2/c1-16(2)4-5-17(3)12-10(14)6-9(8-13)7-11(12)15/h6-7H,4-5,8H2,1-3H3. The number of halogens is 3. The molecule has 1 rings (SSSR count). The fourth-order valence-electron chi connectivity index (χ4n) is 1.52. The molecule has 0 radical (unpaired) electrons. The van der Waals surface area contributed by atoms with Gasteiger partial charge in [0.1, 0.15) is 17.3 Å². The van der Waals surface area contributed by atoms with Gasteiger partial charge in [0.05, 0.1) is 0 Å². The van der Waals surface area contributed by atoms with Crippen LogP contribution in [0.4, 0.5) is 14.5 Å². The smallest absolute Gasteiger partial charge is 0.149 e. The Bertz CT molecular complexity index is 360. The van der Waals surface area contributed by atoms with Crippen LogP contribution in [0.25, 0.3) is 0 Å². The minimum atomic E-state index is -0.513. The van der Waals surface area contributed by atoms with Crippen molar-refractivity contribution in [1.82, 2.24) is 4.90 Å². The van der Waals surface area contributed by atoms with E-state index in [2.05, 4.69) is 15.9 Å². The van der Waals surface area contributed by atoms with Crippen LogP contribution in [-0.4, -0.2) is 39.1 Å². The van der Waals surface area contributed by atoms with E-state index in [0.29, 0.717) is 17.4 Å². The van der Waals surface area contributed by atoms with E-state index in [0.717, 1.165) is 6.54 Å². The summed E-state index contributed by atoms with van der Waals surface area (Å²) in [5.41, 5.74) is 0.640. The number of hydrogen-bond acceptors (Lipinski definition) is 2. The van der Waals surface area contributed by atoms with Gasteiger partial charge in [-0.2, -0.15) is 0 Å². The Labute approximate surface area is 109 Å². The summed E-state index contributed by atoms with van der Waals surface area (Å²) >= 11 is 3.18. The fourth-order valence-corrected chi connectivity index (χ4v) is 1.85. The first-order chi connectivity index (χ1) is 7.95. The van der Waals surface area contributed by atoms with Crippen molar-refractivity contribution in [2.45, 2.75) is 5.33 Å². The third-order valence-electron chi connectivity index (χ3n) is 2.50. The Balaban J connectivity index is 2.89. The van der Waals surface area contributed by atoms with Crippen molar-refractivity contribution in [1.29, 1.82) is 0 Å². The van der Waals surface area contributed by atoms with Crippen LogP contribution in [0, 0.1) is 11.6 Å². The summed E-state index contributed by atoms with van der Waals surface area (Å²) in [7, 11) is 5.54. The Morgan fingerprint density at radius 1 is 1.06 bits per heavy atom. The molecule has 0 unspecified atom stereocenters. The maximum absolute atomic E-state index is 13.8. The van der Waals surface area contributed by atoms with E-state index < -0.39 is 11.6 Å². The lowest BCUT2D eigenvalue weighted by Crippen LogP contribution is -2.29. The normalized spacial score (nSPS) is 11.0. The van der Waals surface area contributed by atoms with E-state index >= 15 is 0 Å². The molecule has 0 fully saturated rings. The van der Waals surface area contributed by atoms with Gasteiger partial charge >= 0.3 is 0 Å². The van der Waals surface area contributed by atoms with Crippen molar-refractivity contribution in [3.63, 3.8) is 0 Å². The molecule has 0 atom stereocenters. The molecule has 0 heterocycles. The van der Waals surface area contributed by atoms with Crippen LogP contribution in [0.5, 0.6) is 0 Å². The Hall–Kier alpha value is -0.680. The molecule has 0 saturated carbocycles. The number of alkyl halides is 1. The molecule has 0 aromatic heterocycles. The van der Waals surface area contributed by atoms with Gasteiger partial charge in [0, 0.05) is 25.5 Å². The SMILES string of the molecule is CN(C)CCN(C)c1c(F)cc(CBr)cc1F. The van der Waals surface area contributed by atoms with Crippen molar-refractivity contribution >= 4 is 21.6 Å². The quantitative estimate of drug-likeness (QED) is 0.772. The average Bonchev–Trinajstić information content (AvgIpc) is 2.25. The molecule has 2 nitrogen and oxygen atoms in total. The van der Waals surface area contributed by atoms with Crippen LogP contribution in [0.15, 0.2) is 12.1 Å². The summed E-state index contributed by atoms with van der Waals surface area (Å²) in [5, 5.41) is 0.447. The topological polar surface area (TPSA) is 6.48 Å². The van der Waals surface area contributed by atoms with Gasteiger partial charge in [-0.3, -0.25) is 0 Å². The van der Waals surface area contributed by atoms with Gasteiger partial charge in [0.15, 0.2) is 0 Å². The zero-order valence-electron chi connectivity index (χ0n) is 10.3. The predicted octanol–water partition coefficient (Wildman–Crippen LogP) is 2.86. The predicted molar refractivity (Wildman–Crippen MR) is 70.8 cm³/mol. The summed E-state index contributed by atoms with van der Waals surface area (Å²) in [6, 6.07) is 2.72. The highest BCUT2D eigenvalue weighted by atomic mass is 79.9. The fraction of sp³-hybridized carbons (Fsp3) is 0.500. The molecular formula is C12H17BrF2N2. The average molecular weight is 307 g/mol. The zero-order chi connectivity index (χ0) is 13.0. The first kappa shape index (κ1) is 14.4. The highest BCUT2D eigenvalue weighted by molar-refractivity contribution is 9.08. The lowest BCUT2D eigenvalue weighted by molar-refractivity contribution is 0.414. The summed E-state index contributed by atoms with van der Waals surface area (Å²) in [4.78, 5) is 3.57. The lowest BCUT2D eigenvalue weighted by atomic mass is 10.2. The van der Waals surface area contributed by atoms with Gasteiger partial charge in [-0.1, -0.05) is 15.9 Å². The molecular weight excluding hydrogens is 290 g/mol. The lowest BCUT2D eigenvalue weighted by Gasteiger charge is -2.22. The third kappa shape index (κ3) is 3.92. The van der Waals surface area contributed by atoms with Gasteiger partial charge in [-0.25, -0.2) is 8.78 Å². The molecule has 0 aliphatic heterocycles. The number of nitrogens with zero attached hydrogens (tertiary/aromatic N) is 2. The van der Waals surface area contributed by atoms with Gasteiger partial charge in [-0.15, -0.1) is 0 Å². The first-order valence-electron chi connectivity index (χ1n) is 5.35. The zero-order valence-corrected chi connectivity index (χ0v) is 11.9. The van der Waals surface area contributed by atoms with Gasteiger partial charge in [0.2, 0.25) is 0 Å². The van der Waals surface area contributed by atoms with Crippen LogP contribution >= 0.6 is 15.9 Å². The van der Waals surface area contributed by atoms with E-state index in [1.54, 1.807) is 11.9 Å². The third-order valence-corrected chi connectivity index (χ3v) is 3.14. The Kier molecular flexibility index (Phi) is 5.33. The molecule has 0 saturated heterocycles. The van der Waals surface area contributed by atoms with Crippen molar-refractivity contribution in [2.24, 2.45) is 0 Å². The number of likely N-dealkylation sites (N-methyl/N-ethyl adjacent to an activating group) is 2. The van der Waals surface area contributed by atoms with Crippen molar-refractivity contribution in [3.8, 4) is 0 Å². The number of hydrogen-bond donors (Lipinski definition) is 0. The number of benzene rings is 1. The van der Waals surface area contributed by atoms with E-state index in [1.807, 2.05) is 19.0 Å². The molecule has 0 aliphatic carbocycles. The summed E-state index contributed by atoms with van der Waals surface area (Å²) < 4.78 is 27.5. The molecule has 17 heavy (non-hydrogen) atoms. The second-order valence-corrected chi connectivity index (χ2v) is 4.83. The molecule has 0 N–H and O–H groups in total. The van der Waals surface area contributed by atoms with E-state index in [9.17, 15) is 8.78 Å². The largest absolute Gasteiger partial charge is 0.369 e. The molecule has 0 amide bonds. The summed E-state index contributed by atoms with van der Waals surface area (Å²) in [5.74, 6) is -1.03. The van der Waals surface area contributed by atoms with E-state index in [1.165, 1.54) is 12.1 Å². The molecule has 0 spiro atoms. The van der Waals surface area contributed by atoms with Gasteiger partial charge in [-0.05, 0) is 31.8 Å². The summed E-state index contributed by atoms with van der Waals surface area (Å²) in [6.07, 6.45) is 0. The molecule has 1 aromatic rings. The Morgan fingerprint density at radius 2 is 1.59 bits per heavy atom. The minimum absolute atomic E-state index is 0.0385. The maximum atomic E-state index is 13.8. The van der Waals surface area contributed by atoms with E-state index in [4.69, 9.17) is 0 Å². The van der Waals surface area contributed by atoms with Crippen LogP contribution in [-0.2, 0) is 5.33 Å². The second-order valence-electron chi connectivity index (χ2n) is 4.27. The summed E-state index contributed by atoms with van der Waals surface area (Å²) in [6.45, 7) is 1.32. The van der Waals surface area contributed by atoms with E-state index in [-0.39, 0.29) is 5.69 Å². The van der Waals surface area contributed by atoms with Crippen LogP contribution in [0.1, 0.15) is 5.56 Å². The minimum Gasteiger partial charge on any atom is -0.369 e. The molecule has 1 aromatic carbocycles. The number of anilines is 1. The van der Waals surface area contributed by atoms with Gasteiger partial charge < -0.3 is 9.80 Å². The molecule has 0 aliphatic rings. The van der Waals surface area contributed by atoms with Crippen molar-refractivity contribution in [3.05, 3.63) is 29.3 Å². The highest BCUT2D eigenvalue weighted by Crippen LogP contribution is 2.24. The highest BCUT2D eigenvalue weighted by Gasteiger charge is 2.14. The molecule has 96 valence electrons.